The lowest BCUT2D eigenvalue weighted by Gasteiger charge is -2.10. The van der Waals surface area contributed by atoms with Crippen molar-refractivity contribution in [2.75, 3.05) is 19.5 Å². The van der Waals surface area contributed by atoms with E-state index in [0.717, 1.165) is 6.07 Å². The summed E-state index contributed by atoms with van der Waals surface area (Å²) in [6.45, 7) is 0. The van der Waals surface area contributed by atoms with Gasteiger partial charge in [0.2, 0.25) is 5.75 Å². The van der Waals surface area contributed by atoms with Crippen LogP contribution in [0.1, 0.15) is 5.56 Å². The van der Waals surface area contributed by atoms with Gasteiger partial charge in [0.25, 0.3) is 5.91 Å². The molecule has 0 aliphatic rings. The number of nitro groups is 1. The van der Waals surface area contributed by atoms with E-state index in [1.54, 1.807) is 18.2 Å². The molecule has 8 nitrogen and oxygen atoms in total. The molecule has 0 heterocycles. The van der Waals surface area contributed by atoms with Crippen LogP contribution in [0.25, 0.3) is 6.08 Å². The summed E-state index contributed by atoms with van der Waals surface area (Å²) in [7, 11) is 2.62. The predicted molar refractivity (Wildman–Crippen MR) is 105 cm³/mol. The maximum absolute atomic E-state index is 12.5. The van der Waals surface area contributed by atoms with Gasteiger partial charge in [-0.05, 0) is 18.2 Å². The summed E-state index contributed by atoms with van der Waals surface area (Å²) in [4.78, 5) is 23.0. The number of ether oxygens (including phenoxy) is 2. The molecule has 1 N–H and O–H groups in total. The number of nitrogens with zero attached hydrogens (tertiary/aromatic N) is 2. The molecule has 0 bridgehead atoms. The third-order valence-corrected chi connectivity index (χ3v) is 4.41. The number of hydrogen-bond donors (Lipinski definition) is 1. The molecular formula is C18H13Cl2N3O5. The lowest BCUT2D eigenvalue weighted by Crippen LogP contribution is -2.14. The first kappa shape index (κ1) is 21.0. The molecule has 0 aliphatic heterocycles. The second-order valence-corrected chi connectivity index (χ2v) is 6.03. The Morgan fingerprint density at radius 3 is 2.50 bits per heavy atom. The van der Waals surface area contributed by atoms with E-state index in [2.05, 4.69) is 5.32 Å². The molecule has 2 aromatic carbocycles. The lowest BCUT2D eigenvalue weighted by atomic mass is 10.1. The van der Waals surface area contributed by atoms with Crippen molar-refractivity contribution in [3.63, 3.8) is 0 Å². The number of carbonyl (C=O) groups is 1. The van der Waals surface area contributed by atoms with E-state index in [4.69, 9.17) is 32.7 Å². The maximum atomic E-state index is 12.5. The van der Waals surface area contributed by atoms with Crippen molar-refractivity contribution in [3.8, 4) is 17.6 Å². The number of rotatable bonds is 6. The largest absolute Gasteiger partial charge is 0.496 e. The SMILES string of the molecule is COc1cc(OC)c([N+](=O)[O-])cc1/C=C(/C#N)C(=O)Nc1cccc(Cl)c1Cl. The van der Waals surface area contributed by atoms with Crippen LogP contribution in [0, 0.1) is 21.4 Å². The van der Waals surface area contributed by atoms with Crippen molar-refractivity contribution in [3.05, 3.63) is 61.6 Å². The van der Waals surface area contributed by atoms with Gasteiger partial charge in [-0.3, -0.25) is 14.9 Å². The molecule has 144 valence electrons. The van der Waals surface area contributed by atoms with E-state index in [1.807, 2.05) is 0 Å². The Hall–Kier alpha value is -3.28. The van der Waals surface area contributed by atoms with Gasteiger partial charge in [0.05, 0.1) is 34.9 Å². The molecule has 28 heavy (non-hydrogen) atoms. The van der Waals surface area contributed by atoms with Crippen molar-refractivity contribution in [1.29, 1.82) is 5.26 Å². The fourth-order valence-electron chi connectivity index (χ4n) is 2.26. The molecule has 0 saturated heterocycles. The Morgan fingerprint density at radius 1 is 1.25 bits per heavy atom. The van der Waals surface area contributed by atoms with Crippen molar-refractivity contribution in [1.82, 2.24) is 0 Å². The average Bonchev–Trinajstić information content (AvgIpc) is 2.68. The van der Waals surface area contributed by atoms with Gasteiger partial charge < -0.3 is 14.8 Å². The molecule has 0 fully saturated rings. The van der Waals surface area contributed by atoms with Crippen LogP contribution in [0.2, 0.25) is 10.0 Å². The van der Waals surface area contributed by atoms with Gasteiger partial charge in [0, 0.05) is 17.7 Å². The molecule has 0 radical (unpaired) electrons. The van der Waals surface area contributed by atoms with Gasteiger partial charge in [0.15, 0.2) is 0 Å². The zero-order chi connectivity index (χ0) is 20.8. The minimum Gasteiger partial charge on any atom is -0.496 e. The van der Waals surface area contributed by atoms with Crippen LogP contribution < -0.4 is 14.8 Å². The first-order valence-electron chi connectivity index (χ1n) is 7.60. The minimum atomic E-state index is -0.771. The number of anilines is 1. The van der Waals surface area contributed by atoms with Crippen LogP contribution in [0.3, 0.4) is 0 Å². The van der Waals surface area contributed by atoms with E-state index in [-0.39, 0.29) is 44.1 Å². The maximum Gasteiger partial charge on any atom is 0.311 e. The number of nitro benzene ring substituents is 1. The first-order chi connectivity index (χ1) is 13.3. The Morgan fingerprint density at radius 2 is 1.93 bits per heavy atom. The second kappa shape index (κ2) is 9.08. The van der Waals surface area contributed by atoms with Gasteiger partial charge in [-0.2, -0.15) is 5.26 Å². The molecule has 2 rings (SSSR count). The number of amides is 1. The standard InChI is InChI=1S/C18H13Cl2N3O5/c1-27-15-8-16(28-2)14(23(25)26)7-10(15)6-11(9-21)18(24)22-13-5-3-4-12(19)17(13)20/h3-8H,1-2H3,(H,22,24)/b11-6-. The highest BCUT2D eigenvalue weighted by Gasteiger charge is 2.20. The number of carbonyl (C=O) groups excluding carboxylic acids is 1. The smallest absolute Gasteiger partial charge is 0.311 e. The van der Waals surface area contributed by atoms with Crippen LogP contribution in [-0.2, 0) is 4.79 Å². The van der Waals surface area contributed by atoms with Crippen LogP contribution in [-0.4, -0.2) is 25.1 Å². The van der Waals surface area contributed by atoms with E-state index < -0.39 is 10.8 Å². The Balaban J connectivity index is 2.47. The molecule has 0 atom stereocenters. The van der Waals surface area contributed by atoms with Gasteiger partial charge in [-0.15, -0.1) is 0 Å². The normalized spacial score (nSPS) is 10.8. The van der Waals surface area contributed by atoms with Crippen LogP contribution in [0.4, 0.5) is 11.4 Å². The number of nitriles is 1. The summed E-state index contributed by atoms with van der Waals surface area (Å²) >= 11 is 11.9. The first-order valence-corrected chi connectivity index (χ1v) is 8.35. The third-order valence-electron chi connectivity index (χ3n) is 3.59. The van der Waals surface area contributed by atoms with E-state index in [0.29, 0.717) is 0 Å². The van der Waals surface area contributed by atoms with Crippen LogP contribution in [0.15, 0.2) is 35.9 Å². The zero-order valence-corrected chi connectivity index (χ0v) is 16.2. The molecule has 0 aliphatic carbocycles. The Bertz CT molecular complexity index is 1020. The number of benzene rings is 2. The number of methoxy groups -OCH3 is 2. The van der Waals surface area contributed by atoms with Gasteiger partial charge >= 0.3 is 5.69 Å². The fraction of sp³-hybridized carbons (Fsp3) is 0.111. The monoisotopic (exact) mass is 421 g/mol. The molecule has 0 saturated carbocycles. The summed E-state index contributed by atoms with van der Waals surface area (Å²) < 4.78 is 10.1. The summed E-state index contributed by atoms with van der Waals surface area (Å²) in [5.41, 5.74) is -0.300. The van der Waals surface area contributed by atoms with E-state index in [9.17, 15) is 20.2 Å². The Labute approximate surface area is 170 Å². The van der Waals surface area contributed by atoms with Gasteiger partial charge in [0.1, 0.15) is 17.4 Å². The molecule has 0 unspecified atom stereocenters. The van der Waals surface area contributed by atoms with E-state index >= 15 is 0 Å². The van der Waals surface area contributed by atoms with Gasteiger partial charge in [-0.25, -0.2) is 0 Å². The van der Waals surface area contributed by atoms with Crippen molar-refractivity contribution in [2.45, 2.75) is 0 Å². The number of nitrogens with one attached hydrogen (secondary N) is 1. The number of hydrogen-bond acceptors (Lipinski definition) is 6. The molecule has 1 amide bonds. The van der Waals surface area contributed by atoms with Crippen LogP contribution >= 0.6 is 23.2 Å². The third kappa shape index (κ3) is 4.52. The van der Waals surface area contributed by atoms with E-state index in [1.165, 1.54) is 32.4 Å². The average molecular weight is 422 g/mol. The van der Waals surface area contributed by atoms with Crippen LogP contribution in [0.5, 0.6) is 11.5 Å². The summed E-state index contributed by atoms with van der Waals surface area (Å²) in [6.07, 6.45) is 1.17. The lowest BCUT2D eigenvalue weighted by molar-refractivity contribution is -0.385. The minimum absolute atomic E-state index is 0.0207. The molecular weight excluding hydrogens is 409 g/mol. The highest BCUT2D eigenvalue weighted by atomic mass is 35.5. The molecule has 0 aromatic heterocycles. The topological polar surface area (TPSA) is 114 Å². The second-order valence-electron chi connectivity index (χ2n) is 5.25. The van der Waals surface area contributed by atoms with Gasteiger partial charge in [-0.1, -0.05) is 29.3 Å². The Kier molecular flexibility index (Phi) is 6.82. The summed E-state index contributed by atoms with van der Waals surface area (Å²) in [5.74, 6) is -0.608. The van der Waals surface area contributed by atoms with Crippen molar-refractivity contribution in [2.24, 2.45) is 0 Å². The number of halogens is 2. The van der Waals surface area contributed by atoms with Crippen molar-refractivity contribution >= 4 is 46.6 Å². The zero-order valence-electron chi connectivity index (χ0n) is 14.7. The quantitative estimate of drug-likeness (QED) is 0.318. The van der Waals surface area contributed by atoms with Crippen molar-refractivity contribution < 1.29 is 19.2 Å². The molecule has 0 spiro atoms. The fourth-order valence-corrected chi connectivity index (χ4v) is 2.60. The highest BCUT2D eigenvalue weighted by molar-refractivity contribution is 6.44. The summed E-state index contributed by atoms with van der Waals surface area (Å²) in [6, 6.07) is 8.83. The highest BCUT2D eigenvalue weighted by Crippen LogP contribution is 2.36. The molecule has 2 aromatic rings. The predicted octanol–water partition coefficient (Wildman–Crippen LogP) is 4.46. The molecule has 10 heteroatoms. The summed E-state index contributed by atoms with van der Waals surface area (Å²) in [5, 5.41) is 23.4.